The van der Waals surface area contributed by atoms with Crippen LogP contribution in [0.15, 0.2) is 22.6 Å². The standard InChI is InChI=1S/C14H19NO/c1-4-5-15-9-12-8-13-11(3)6-10(2)7-14(13)16-12/h6-8,15H,4-5,9H2,1-3H3. The highest BCUT2D eigenvalue weighted by atomic mass is 16.3. The molecule has 2 heteroatoms. The van der Waals surface area contributed by atoms with Crippen LogP contribution in [0.1, 0.15) is 30.2 Å². The Balaban J connectivity index is 2.26. The molecule has 0 aliphatic rings. The molecular weight excluding hydrogens is 198 g/mol. The van der Waals surface area contributed by atoms with E-state index in [-0.39, 0.29) is 0 Å². The van der Waals surface area contributed by atoms with E-state index in [9.17, 15) is 0 Å². The number of furan rings is 1. The van der Waals surface area contributed by atoms with Crippen LogP contribution in [0.2, 0.25) is 0 Å². The van der Waals surface area contributed by atoms with Gasteiger partial charge in [0.05, 0.1) is 6.54 Å². The number of fused-ring (bicyclic) bond motifs is 1. The van der Waals surface area contributed by atoms with Crippen molar-refractivity contribution in [2.24, 2.45) is 0 Å². The molecule has 0 amide bonds. The molecule has 0 aliphatic heterocycles. The Morgan fingerprint density at radius 3 is 2.75 bits per heavy atom. The fourth-order valence-corrected chi connectivity index (χ4v) is 2.02. The third-order valence-electron chi connectivity index (χ3n) is 2.77. The van der Waals surface area contributed by atoms with Gasteiger partial charge in [0.1, 0.15) is 11.3 Å². The van der Waals surface area contributed by atoms with Crippen LogP contribution < -0.4 is 5.32 Å². The lowest BCUT2D eigenvalue weighted by molar-refractivity contribution is 0.513. The van der Waals surface area contributed by atoms with Crippen LogP contribution in [0.3, 0.4) is 0 Å². The van der Waals surface area contributed by atoms with E-state index in [0.717, 1.165) is 30.9 Å². The van der Waals surface area contributed by atoms with Crippen molar-refractivity contribution in [3.63, 3.8) is 0 Å². The average Bonchev–Trinajstić information content (AvgIpc) is 2.61. The van der Waals surface area contributed by atoms with Crippen molar-refractivity contribution in [1.82, 2.24) is 5.32 Å². The predicted octanol–water partition coefficient (Wildman–Crippen LogP) is 3.55. The minimum atomic E-state index is 0.820. The van der Waals surface area contributed by atoms with Gasteiger partial charge < -0.3 is 9.73 Å². The van der Waals surface area contributed by atoms with Gasteiger partial charge in [-0.3, -0.25) is 0 Å². The van der Waals surface area contributed by atoms with Gasteiger partial charge in [0, 0.05) is 5.39 Å². The van der Waals surface area contributed by atoms with E-state index in [1.807, 2.05) is 0 Å². The second-order valence-electron chi connectivity index (χ2n) is 4.38. The quantitative estimate of drug-likeness (QED) is 0.792. The van der Waals surface area contributed by atoms with Gasteiger partial charge in [-0.15, -0.1) is 0 Å². The zero-order chi connectivity index (χ0) is 11.5. The number of hydrogen-bond acceptors (Lipinski definition) is 2. The van der Waals surface area contributed by atoms with E-state index in [0.29, 0.717) is 0 Å². The second kappa shape index (κ2) is 4.71. The average molecular weight is 217 g/mol. The van der Waals surface area contributed by atoms with Crippen LogP contribution in [0.25, 0.3) is 11.0 Å². The molecule has 0 saturated heterocycles. The molecule has 0 fully saturated rings. The monoisotopic (exact) mass is 217 g/mol. The van der Waals surface area contributed by atoms with Gasteiger partial charge in [0.15, 0.2) is 0 Å². The molecule has 1 heterocycles. The van der Waals surface area contributed by atoms with Gasteiger partial charge in [-0.1, -0.05) is 13.0 Å². The Labute approximate surface area is 96.6 Å². The SMILES string of the molecule is CCCNCc1cc2c(C)cc(C)cc2o1. The van der Waals surface area contributed by atoms with Gasteiger partial charge in [-0.2, -0.15) is 0 Å². The Morgan fingerprint density at radius 2 is 2.00 bits per heavy atom. The van der Waals surface area contributed by atoms with Crippen LogP contribution in [-0.2, 0) is 6.54 Å². The summed E-state index contributed by atoms with van der Waals surface area (Å²) in [6.07, 6.45) is 1.15. The van der Waals surface area contributed by atoms with Gasteiger partial charge in [-0.25, -0.2) is 0 Å². The van der Waals surface area contributed by atoms with Crippen LogP contribution >= 0.6 is 0 Å². The summed E-state index contributed by atoms with van der Waals surface area (Å²) in [6, 6.07) is 6.44. The lowest BCUT2D eigenvalue weighted by Crippen LogP contribution is -2.12. The van der Waals surface area contributed by atoms with Crippen molar-refractivity contribution in [1.29, 1.82) is 0 Å². The molecule has 0 unspecified atom stereocenters. The van der Waals surface area contributed by atoms with E-state index < -0.39 is 0 Å². The first kappa shape index (κ1) is 11.2. The summed E-state index contributed by atoms with van der Waals surface area (Å²) < 4.78 is 5.81. The molecule has 0 atom stereocenters. The summed E-state index contributed by atoms with van der Waals surface area (Å²) in [5, 5.41) is 4.59. The van der Waals surface area contributed by atoms with E-state index in [1.54, 1.807) is 0 Å². The van der Waals surface area contributed by atoms with E-state index in [1.165, 1.54) is 16.5 Å². The molecule has 2 aromatic rings. The first-order chi connectivity index (χ1) is 7.70. The van der Waals surface area contributed by atoms with Crippen molar-refractivity contribution in [3.8, 4) is 0 Å². The summed E-state index contributed by atoms with van der Waals surface area (Å²) in [6.45, 7) is 8.26. The second-order valence-corrected chi connectivity index (χ2v) is 4.38. The molecule has 0 spiro atoms. The first-order valence-corrected chi connectivity index (χ1v) is 5.91. The zero-order valence-electron chi connectivity index (χ0n) is 10.3. The number of hydrogen-bond donors (Lipinski definition) is 1. The number of nitrogens with one attached hydrogen (secondary N) is 1. The van der Waals surface area contributed by atoms with Gasteiger partial charge in [-0.05, 0) is 50.1 Å². The molecule has 0 aliphatic carbocycles. The van der Waals surface area contributed by atoms with Crippen molar-refractivity contribution in [2.75, 3.05) is 6.54 Å². The lowest BCUT2D eigenvalue weighted by atomic mass is 10.1. The zero-order valence-corrected chi connectivity index (χ0v) is 10.3. The molecule has 0 radical (unpaired) electrons. The number of benzene rings is 1. The highest BCUT2D eigenvalue weighted by Gasteiger charge is 2.06. The molecule has 86 valence electrons. The van der Waals surface area contributed by atoms with Crippen molar-refractivity contribution >= 4 is 11.0 Å². The van der Waals surface area contributed by atoms with Crippen LogP contribution in [0.5, 0.6) is 0 Å². The lowest BCUT2D eigenvalue weighted by Gasteiger charge is -1.97. The maximum atomic E-state index is 5.81. The van der Waals surface area contributed by atoms with E-state index in [2.05, 4.69) is 44.3 Å². The van der Waals surface area contributed by atoms with Crippen molar-refractivity contribution < 1.29 is 4.42 Å². The van der Waals surface area contributed by atoms with Crippen LogP contribution in [0.4, 0.5) is 0 Å². The van der Waals surface area contributed by atoms with Gasteiger partial charge in [0.25, 0.3) is 0 Å². The number of rotatable bonds is 4. The van der Waals surface area contributed by atoms with Crippen molar-refractivity contribution in [3.05, 3.63) is 35.1 Å². The molecule has 0 saturated carbocycles. The molecular formula is C14H19NO. The van der Waals surface area contributed by atoms with Crippen molar-refractivity contribution in [2.45, 2.75) is 33.7 Å². The smallest absolute Gasteiger partial charge is 0.134 e. The third-order valence-corrected chi connectivity index (χ3v) is 2.77. The Bertz CT molecular complexity index is 485. The van der Waals surface area contributed by atoms with Crippen LogP contribution in [-0.4, -0.2) is 6.54 Å². The summed E-state index contributed by atoms with van der Waals surface area (Å²) in [5.41, 5.74) is 3.55. The molecule has 1 N–H and O–H groups in total. The molecule has 2 rings (SSSR count). The highest BCUT2D eigenvalue weighted by molar-refractivity contribution is 5.82. The third kappa shape index (κ3) is 2.27. The van der Waals surface area contributed by atoms with Crippen LogP contribution in [0, 0.1) is 13.8 Å². The molecule has 16 heavy (non-hydrogen) atoms. The Hall–Kier alpha value is -1.28. The summed E-state index contributed by atoms with van der Waals surface area (Å²) in [4.78, 5) is 0. The predicted molar refractivity (Wildman–Crippen MR) is 67.7 cm³/mol. The molecule has 1 aromatic heterocycles. The van der Waals surface area contributed by atoms with Gasteiger partial charge >= 0.3 is 0 Å². The topological polar surface area (TPSA) is 25.2 Å². The molecule has 0 bridgehead atoms. The fraction of sp³-hybridized carbons (Fsp3) is 0.429. The first-order valence-electron chi connectivity index (χ1n) is 5.91. The molecule has 1 aromatic carbocycles. The Morgan fingerprint density at radius 1 is 1.19 bits per heavy atom. The van der Waals surface area contributed by atoms with E-state index in [4.69, 9.17) is 4.42 Å². The fourth-order valence-electron chi connectivity index (χ4n) is 2.02. The largest absolute Gasteiger partial charge is 0.460 e. The minimum Gasteiger partial charge on any atom is -0.460 e. The summed E-state index contributed by atoms with van der Waals surface area (Å²) in [5.74, 6) is 1.03. The van der Waals surface area contributed by atoms with Gasteiger partial charge in [0.2, 0.25) is 0 Å². The normalized spacial score (nSPS) is 11.2. The Kier molecular flexibility index (Phi) is 3.30. The summed E-state index contributed by atoms with van der Waals surface area (Å²) in [7, 11) is 0. The number of aryl methyl sites for hydroxylation is 2. The van der Waals surface area contributed by atoms with E-state index >= 15 is 0 Å². The highest BCUT2D eigenvalue weighted by Crippen LogP contribution is 2.24. The summed E-state index contributed by atoms with van der Waals surface area (Å²) >= 11 is 0. The molecule has 2 nitrogen and oxygen atoms in total. The minimum absolute atomic E-state index is 0.820. The maximum absolute atomic E-state index is 5.81. The maximum Gasteiger partial charge on any atom is 0.134 e.